The standard InChI is InChI=1S/C11H10BrNO/c1-7-8(2)14-11(13-7)9-4-3-5-10(12)6-9/h3-6H,1-2H3. The minimum atomic E-state index is 0.682. The topological polar surface area (TPSA) is 26.0 Å². The Kier molecular flexibility index (Phi) is 2.42. The van der Waals surface area contributed by atoms with Gasteiger partial charge in [0.25, 0.3) is 0 Å². The van der Waals surface area contributed by atoms with Crippen LogP contribution in [0.1, 0.15) is 11.5 Å². The summed E-state index contributed by atoms with van der Waals surface area (Å²) in [6, 6.07) is 7.92. The minimum absolute atomic E-state index is 0.682. The molecular weight excluding hydrogens is 242 g/mol. The molecule has 14 heavy (non-hydrogen) atoms. The Bertz CT molecular complexity index is 443. The van der Waals surface area contributed by atoms with Crippen molar-refractivity contribution in [1.29, 1.82) is 0 Å². The van der Waals surface area contributed by atoms with Crippen LogP contribution in [0.5, 0.6) is 0 Å². The Morgan fingerprint density at radius 2 is 2.07 bits per heavy atom. The Balaban J connectivity index is 2.49. The van der Waals surface area contributed by atoms with E-state index in [1.54, 1.807) is 0 Å². The van der Waals surface area contributed by atoms with Crippen molar-refractivity contribution < 1.29 is 4.42 Å². The lowest BCUT2D eigenvalue weighted by Crippen LogP contribution is -1.77. The van der Waals surface area contributed by atoms with E-state index in [-0.39, 0.29) is 0 Å². The van der Waals surface area contributed by atoms with Gasteiger partial charge in [0.15, 0.2) is 0 Å². The lowest BCUT2D eigenvalue weighted by molar-refractivity contribution is 0.541. The Hall–Kier alpha value is -1.09. The SMILES string of the molecule is Cc1nc(-c2cccc(Br)c2)oc1C. The first kappa shape index (κ1) is 9.46. The van der Waals surface area contributed by atoms with E-state index in [0.29, 0.717) is 5.89 Å². The molecule has 2 nitrogen and oxygen atoms in total. The van der Waals surface area contributed by atoms with Gasteiger partial charge < -0.3 is 4.42 Å². The number of hydrogen-bond acceptors (Lipinski definition) is 2. The molecule has 0 amide bonds. The number of nitrogens with zero attached hydrogens (tertiary/aromatic N) is 1. The van der Waals surface area contributed by atoms with E-state index in [0.717, 1.165) is 21.5 Å². The molecular formula is C11H10BrNO. The fourth-order valence-electron chi connectivity index (χ4n) is 1.22. The zero-order valence-electron chi connectivity index (χ0n) is 8.04. The third-order valence-electron chi connectivity index (χ3n) is 2.10. The van der Waals surface area contributed by atoms with Crippen molar-refractivity contribution in [3.8, 4) is 11.5 Å². The van der Waals surface area contributed by atoms with Crippen LogP contribution in [0.3, 0.4) is 0 Å². The van der Waals surface area contributed by atoms with Crippen LogP contribution in [0.2, 0.25) is 0 Å². The normalized spacial score (nSPS) is 10.5. The summed E-state index contributed by atoms with van der Waals surface area (Å²) in [5.41, 5.74) is 1.94. The van der Waals surface area contributed by atoms with E-state index in [4.69, 9.17) is 4.42 Å². The fraction of sp³-hybridized carbons (Fsp3) is 0.182. The lowest BCUT2D eigenvalue weighted by Gasteiger charge is -1.95. The zero-order chi connectivity index (χ0) is 10.1. The van der Waals surface area contributed by atoms with Gasteiger partial charge in [0.2, 0.25) is 5.89 Å². The van der Waals surface area contributed by atoms with Crippen LogP contribution in [0.15, 0.2) is 33.2 Å². The van der Waals surface area contributed by atoms with Gasteiger partial charge in [-0.05, 0) is 32.0 Å². The van der Waals surface area contributed by atoms with Gasteiger partial charge in [-0.25, -0.2) is 4.98 Å². The van der Waals surface area contributed by atoms with E-state index >= 15 is 0 Å². The summed E-state index contributed by atoms with van der Waals surface area (Å²) in [7, 11) is 0. The van der Waals surface area contributed by atoms with Crippen LogP contribution in [-0.2, 0) is 0 Å². The summed E-state index contributed by atoms with van der Waals surface area (Å²) < 4.78 is 6.55. The van der Waals surface area contributed by atoms with Crippen LogP contribution >= 0.6 is 15.9 Å². The fourth-order valence-corrected chi connectivity index (χ4v) is 1.62. The van der Waals surface area contributed by atoms with Crippen molar-refractivity contribution >= 4 is 15.9 Å². The molecule has 0 radical (unpaired) electrons. The Labute approximate surface area is 91.1 Å². The Morgan fingerprint density at radius 3 is 2.64 bits per heavy atom. The molecule has 0 saturated carbocycles. The molecule has 1 aromatic heterocycles. The molecule has 0 unspecified atom stereocenters. The monoisotopic (exact) mass is 251 g/mol. The molecule has 0 aliphatic heterocycles. The molecule has 72 valence electrons. The maximum atomic E-state index is 5.52. The number of oxazole rings is 1. The highest BCUT2D eigenvalue weighted by molar-refractivity contribution is 9.10. The van der Waals surface area contributed by atoms with E-state index < -0.39 is 0 Å². The second-order valence-corrected chi connectivity index (χ2v) is 4.09. The first-order valence-corrected chi connectivity index (χ1v) is 5.16. The van der Waals surface area contributed by atoms with Crippen molar-refractivity contribution in [3.63, 3.8) is 0 Å². The average Bonchev–Trinajstić information content (AvgIpc) is 2.47. The molecule has 2 aromatic rings. The number of hydrogen-bond donors (Lipinski definition) is 0. The number of benzene rings is 1. The van der Waals surface area contributed by atoms with Gasteiger partial charge >= 0.3 is 0 Å². The quantitative estimate of drug-likeness (QED) is 0.773. The second-order valence-electron chi connectivity index (χ2n) is 3.17. The molecule has 0 fully saturated rings. The molecule has 0 saturated heterocycles. The lowest BCUT2D eigenvalue weighted by atomic mass is 10.2. The molecule has 0 aliphatic carbocycles. The number of aromatic nitrogens is 1. The first-order chi connectivity index (χ1) is 6.66. The van der Waals surface area contributed by atoms with Gasteiger partial charge in [0.05, 0.1) is 5.69 Å². The van der Waals surface area contributed by atoms with Crippen LogP contribution in [-0.4, -0.2) is 4.98 Å². The van der Waals surface area contributed by atoms with E-state index in [2.05, 4.69) is 20.9 Å². The summed E-state index contributed by atoms with van der Waals surface area (Å²) in [5.74, 6) is 1.56. The van der Waals surface area contributed by atoms with E-state index in [1.807, 2.05) is 38.1 Å². The minimum Gasteiger partial charge on any atom is -0.441 e. The summed E-state index contributed by atoms with van der Waals surface area (Å²) >= 11 is 3.42. The number of aryl methyl sites for hydroxylation is 2. The van der Waals surface area contributed by atoms with Crippen molar-refractivity contribution in [2.24, 2.45) is 0 Å². The predicted molar refractivity (Wildman–Crippen MR) is 59.1 cm³/mol. The van der Waals surface area contributed by atoms with Crippen LogP contribution in [0.25, 0.3) is 11.5 Å². The molecule has 0 spiro atoms. The van der Waals surface area contributed by atoms with Crippen LogP contribution in [0, 0.1) is 13.8 Å². The molecule has 2 rings (SSSR count). The third kappa shape index (κ3) is 1.73. The highest BCUT2D eigenvalue weighted by atomic mass is 79.9. The molecule has 0 N–H and O–H groups in total. The van der Waals surface area contributed by atoms with Gasteiger partial charge in [0.1, 0.15) is 5.76 Å². The van der Waals surface area contributed by atoms with Gasteiger partial charge in [-0.2, -0.15) is 0 Å². The summed E-state index contributed by atoms with van der Waals surface area (Å²) in [4.78, 5) is 4.33. The smallest absolute Gasteiger partial charge is 0.226 e. The van der Waals surface area contributed by atoms with Crippen molar-refractivity contribution in [2.45, 2.75) is 13.8 Å². The maximum Gasteiger partial charge on any atom is 0.226 e. The van der Waals surface area contributed by atoms with Crippen LogP contribution < -0.4 is 0 Å². The van der Waals surface area contributed by atoms with Gasteiger partial charge in [-0.1, -0.05) is 22.0 Å². The number of rotatable bonds is 1. The van der Waals surface area contributed by atoms with Crippen LogP contribution in [0.4, 0.5) is 0 Å². The molecule has 0 aliphatic rings. The Morgan fingerprint density at radius 1 is 1.29 bits per heavy atom. The van der Waals surface area contributed by atoms with E-state index in [1.165, 1.54) is 0 Å². The largest absolute Gasteiger partial charge is 0.441 e. The van der Waals surface area contributed by atoms with Crippen molar-refractivity contribution in [2.75, 3.05) is 0 Å². The summed E-state index contributed by atoms with van der Waals surface area (Å²) in [6.07, 6.45) is 0. The zero-order valence-corrected chi connectivity index (χ0v) is 9.63. The molecule has 0 atom stereocenters. The maximum absolute atomic E-state index is 5.52. The molecule has 1 aromatic carbocycles. The summed E-state index contributed by atoms with van der Waals surface area (Å²) in [5, 5.41) is 0. The predicted octanol–water partition coefficient (Wildman–Crippen LogP) is 3.72. The first-order valence-electron chi connectivity index (χ1n) is 4.37. The highest BCUT2D eigenvalue weighted by Crippen LogP contribution is 2.23. The highest BCUT2D eigenvalue weighted by Gasteiger charge is 2.07. The van der Waals surface area contributed by atoms with Gasteiger partial charge in [-0.15, -0.1) is 0 Å². The average molecular weight is 252 g/mol. The van der Waals surface area contributed by atoms with Gasteiger partial charge in [0, 0.05) is 10.0 Å². The third-order valence-corrected chi connectivity index (χ3v) is 2.59. The van der Waals surface area contributed by atoms with E-state index in [9.17, 15) is 0 Å². The van der Waals surface area contributed by atoms with Crippen molar-refractivity contribution in [3.05, 3.63) is 40.2 Å². The van der Waals surface area contributed by atoms with Gasteiger partial charge in [-0.3, -0.25) is 0 Å². The van der Waals surface area contributed by atoms with Crippen molar-refractivity contribution in [1.82, 2.24) is 4.98 Å². The molecule has 3 heteroatoms. The molecule has 0 bridgehead atoms. The molecule has 1 heterocycles. The summed E-state index contributed by atoms with van der Waals surface area (Å²) in [6.45, 7) is 3.87. The second kappa shape index (κ2) is 3.58. The number of halogens is 1.